The first kappa shape index (κ1) is 13.9. The number of hydrogen-bond donors (Lipinski definition) is 0. The third-order valence-corrected chi connectivity index (χ3v) is 4.08. The van der Waals surface area contributed by atoms with E-state index in [0.29, 0.717) is 16.4 Å². The Morgan fingerprint density at radius 1 is 1.05 bits per heavy atom. The molecular formula is C18H15ClO2. The monoisotopic (exact) mass is 298 g/mol. The van der Waals surface area contributed by atoms with E-state index in [-0.39, 0.29) is 5.78 Å². The molecule has 0 radical (unpaired) electrons. The van der Waals surface area contributed by atoms with Gasteiger partial charge >= 0.3 is 0 Å². The fraction of sp³-hybridized carbons (Fsp3) is 0.167. The summed E-state index contributed by atoms with van der Waals surface area (Å²) in [5, 5.41) is 1.36. The van der Waals surface area contributed by atoms with E-state index >= 15 is 0 Å². The van der Waals surface area contributed by atoms with Gasteiger partial charge in [0.25, 0.3) is 0 Å². The maximum atomic E-state index is 12.8. The SMILES string of the molecule is CC(C)(C(=O)c1cc2cccc(Cl)c2o1)c1ccccc1. The third kappa shape index (κ3) is 2.36. The van der Waals surface area contributed by atoms with Crippen molar-refractivity contribution in [2.24, 2.45) is 0 Å². The van der Waals surface area contributed by atoms with Crippen molar-refractivity contribution < 1.29 is 9.21 Å². The number of rotatable bonds is 3. The number of para-hydroxylation sites is 1. The molecule has 0 fully saturated rings. The smallest absolute Gasteiger partial charge is 0.207 e. The second-order valence-corrected chi connectivity index (χ2v) is 6.00. The van der Waals surface area contributed by atoms with Crippen LogP contribution >= 0.6 is 11.6 Å². The molecule has 0 atom stereocenters. The van der Waals surface area contributed by atoms with E-state index in [9.17, 15) is 4.79 Å². The topological polar surface area (TPSA) is 30.2 Å². The quantitative estimate of drug-likeness (QED) is 0.618. The molecule has 3 aromatic rings. The number of benzene rings is 2. The Bertz CT molecular complexity index is 800. The summed E-state index contributed by atoms with van der Waals surface area (Å²) in [5.41, 5.74) is 0.870. The summed E-state index contributed by atoms with van der Waals surface area (Å²) in [5.74, 6) is 0.285. The molecule has 21 heavy (non-hydrogen) atoms. The highest BCUT2D eigenvalue weighted by Crippen LogP contribution is 2.32. The van der Waals surface area contributed by atoms with E-state index in [0.717, 1.165) is 10.9 Å². The molecule has 0 N–H and O–H groups in total. The molecule has 2 aromatic carbocycles. The van der Waals surface area contributed by atoms with Crippen LogP contribution in [0.5, 0.6) is 0 Å². The molecule has 1 heterocycles. The van der Waals surface area contributed by atoms with Gasteiger partial charge in [-0.1, -0.05) is 54.1 Å². The number of carbonyl (C=O) groups is 1. The number of fused-ring (bicyclic) bond motifs is 1. The lowest BCUT2D eigenvalue weighted by atomic mass is 9.80. The molecule has 0 aliphatic carbocycles. The first-order valence-electron chi connectivity index (χ1n) is 6.78. The predicted molar refractivity (Wildman–Crippen MR) is 85.0 cm³/mol. The lowest BCUT2D eigenvalue weighted by Gasteiger charge is -2.22. The van der Waals surface area contributed by atoms with Gasteiger partial charge in [-0.05, 0) is 31.5 Å². The fourth-order valence-corrected chi connectivity index (χ4v) is 2.65. The van der Waals surface area contributed by atoms with Crippen LogP contribution < -0.4 is 0 Å². The molecule has 0 amide bonds. The molecule has 1 aromatic heterocycles. The molecule has 0 aliphatic heterocycles. The van der Waals surface area contributed by atoms with E-state index in [2.05, 4.69) is 0 Å². The van der Waals surface area contributed by atoms with Gasteiger partial charge in [0.15, 0.2) is 11.3 Å². The highest BCUT2D eigenvalue weighted by Gasteiger charge is 2.33. The number of carbonyl (C=O) groups excluding carboxylic acids is 1. The summed E-state index contributed by atoms with van der Waals surface area (Å²) in [6.07, 6.45) is 0. The summed E-state index contributed by atoms with van der Waals surface area (Å²) in [6, 6.07) is 16.9. The van der Waals surface area contributed by atoms with Crippen LogP contribution in [0.25, 0.3) is 11.0 Å². The van der Waals surface area contributed by atoms with Crippen LogP contribution in [0.1, 0.15) is 30.0 Å². The van der Waals surface area contributed by atoms with Gasteiger partial charge in [-0.3, -0.25) is 4.79 Å². The highest BCUT2D eigenvalue weighted by molar-refractivity contribution is 6.34. The minimum absolute atomic E-state index is 0.0547. The lowest BCUT2D eigenvalue weighted by molar-refractivity contribution is 0.0882. The van der Waals surface area contributed by atoms with Gasteiger partial charge in [-0.25, -0.2) is 0 Å². The molecule has 0 spiro atoms. The van der Waals surface area contributed by atoms with Crippen molar-refractivity contribution >= 4 is 28.4 Å². The Morgan fingerprint density at radius 2 is 1.76 bits per heavy atom. The Labute approximate surface area is 128 Å². The van der Waals surface area contributed by atoms with Crippen molar-refractivity contribution in [2.45, 2.75) is 19.3 Å². The number of Topliss-reactive ketones (excluding diaryl/α,β-unsaturated/α-hetero) is 1. The van der Waals surface area contributed by atoms with Gasteiger partial charge in [0.2, 0.25) is 5.78 Å². The van der Waals surface area contributed by atoms with Crippen LogP contribution in [-0.2, 0) is 5.41 Å². The predicted octanol–water partition coefficient (Wildman–Crippen LogP) is 5.25. The lowest BCUT2D eigenvalue weighted by Crippen LogP contribution is -2.28. The largest absolute Gasteiger partial charge is 0.451 e. The zero-order chi connectivity index (χ0) is 15.0. The summed E-state index contributed by atoms with van der Waals surface area (Å²) in [7, 11) is 0. The minimum Gasteiger partial charge on any atom is -0.451 e. The number of hydrogen-bond acceptors (Lipinski definition) is 2. The van der Waals surface area contributed by atoms with Gasteiger partial charge in [-0.2, -0.15) is 0 Å². The van der Waals surface area contributed by atoms with Crippen molar-refractivity contribution in [1.29, 1.82) is 0 Å². The Morgan fingerprint density at radius 3 is 2.43 bits per heavy atom. The van der Waals surface area contributed by atoms with Gasteiger partial charge in [0.1, 0.15) is 0 Å². The second kappa shape index (κ2) is 5.05. The Hall–Kier alpha value is -2.06. The first-order chi connectivity index (χ1) is 10.00. The van der Waals surface area contributed by atoms with E-state index in [1.54, 1.807) is 12.1 Å². The standard InChI is InChI=1S/C18H15ClO2/c1-18(2,13-8-4-3-5-9-13)17(20)15-11-12-7-6-10-14(19)16(12)21-15/h3-11H,1-2H3. The normalized spacial score (nSPS) is 11.8. The third-order valence-electron chi connectivity index (χ3n) is 3.78. The van der Waals surface area contributed by atoms with Gasteiger partial charge in [0, 0.05) is 5.39 Å². The number of ketones is 1. The van der Waals surface area contributed by atoms with Crippen LogP contribution in [0, 0.1) is 0 Å². The average molecular weight is 299 g/mol. The van der Waals surface area contributed by atoms with Crippen LogP contribution in [0.2, 0.25) is 5.02 Å². The summed E-state index contributed by atoms with van der Waals surface area (Å²) >= 11 is 6.10. The Balaban J connectivity index is 2.06. The van der Waals surface area contributed by atoms with E-state index < -0.39 is 5.41 Å². The zero-order valence-electron chi connectivity index (χ0n) is 11.9. The van der Waals surface area contributed by atoms with E-state index in [4.69, 9.17) is 16.0 Å². The highest BCUT2D eigenvalue weighted by atomic mass is 35.5. The molecule has 106 valence electrons. The number of halogens is 1. The first-order valence-corrected chi connectivity index (χ1v) is 7.16. The Kier molecular flexibility index (Phi) is 3.34. The number of furan rings is 1. The maximum absolute atomic E-state index is 12.8. The van der Waals surface area contributed by atoms with Gasteiger partial charge in [-0.15, -0.1) is 0 Å². The molecule has 0 bridgehead atoms. The fourth-order valence-electron chi connectivity index (χ4n) is 2.43. The van der Waals surface area contributed by atoms with Crippen molar-refractivity contribution in [1.82, 2.24) is 0 Å². The zero-order valence-corrected chi connectivity index (χ0v) is 12.6. The van der Waals surface area contributed by atoms with Crippen LogP contribution in [0.15, 0.2) is 59.0 Å². The molecule has 3 rings (SSSR count). The minimum atomic E-state index is -0.651. The molecular weight excluding hydrogens is 284 g/mol. The van der Waals surface area contributed by atoms with Crippen molar-refractivity contribution in [3.63, 3.8) is 0 Å². The van der Waals surface area contributed by atoms with Crippen LogP contribution in [-0.4, -0.2) is 5.78 Å². The summed E-state index contributed by atoms with van der Waals surface area (Å²) in [4.78, 5) is 12.8. The summed E-state index contributed by atoms with van der Waals surface area (Å²) < 4.78 is 5.69. The van der Waals surface area contributed by atoms with Crippen LogP contribution in [0.4, 0.5) is 0 Å². The molecule has 0 saturated heterocycles. The van der Waals surface area contributed by atoms with Crippen molar-refractivity contribution in [2.75, 3.05) is 0 Å². The molecule has 0 aliphatic rings. The van der Waals surface area contributed by atoms with Crippen LogP contribution in [0.3, 0.4) is 0 Å². The molecule has 0 saturated carbocycles. The average Bonchev–Trinajstić information content (AvgIpc) is 2.93. The van der Waals surface area contributed by atoms with Gasteiger partial charge in [0.05, 0.1) is 10.4 Å². The molecule has 2 nitrogen and oxygen atoms in total. The summed E-state index contributed by atoms with van der Waals surface area (Å²) in [6.45, 7) is 3.80. The van der Waals surface area contributed by atoms with Crippen molar-refractivity contribution in [3.05, 3.63) is 70.9 Å². The van der Waals surface area contributed by atoms with Crippen molar-refractivity contribution in [3.8, 4) is 0 Å². The van der Waals surface area contributed by atoms with E-state index in [1.807, 2.05) is 56.3 Å². The second-order valence-electron chi connectivity index (χ2n) is 5.59. The van der Waals surface area contributed by atoms with E-state index in [1.165, 1.54) is 0 Å². The maximum Gasteiger partial charge on any atom is 0.207 e. The molecule has 3 heteroatoms. The molecule has 0 unspecified atom stereocenters. The van der Waals surface area contributed by atoms with Gasteiger partial charge < -0.3 is 4.42 Å².